The van der Waals surface area contributed by atoms with Crippen molar-refractivity contribution >= 4 is 29.9 Å². The first-order valence-corrected chi connectivity index (χ1v) is 9.81. The van der Waals surface area contributed by atoms with Crippen LogP contribution in [0.4, 0.5) is 0 Å². The van der Waals surface area contributed by atoms with E-state index in [0.29, 0.717) is 18.6 Å². The Balaban J connectivity index is 0.00000243. The lowest BCUT2D eigenvalue weighted by Gasteiger charge is -2.25. The zero-order valence-electron chi connectivity index (χ0n) is 16.4. The molecule has 1 atom stereocenters. The van der Waals surface area contributed by atoms with Gasteiger partial charge in [-0.1, -0.05) is 19.8 Å². The molecule has 7 nitrogen and oxygen atoms in total. The number of aliphatic imine (C=N–C) groups is 1. The molecule has 148 valence electrons. The molecule has 0 spiro atoms. The van der Waals surface area contributed by atoms with Gasteiger partial charge in [0.05, 0.1) is 0 Å². The van der Waals surface area contributed by atoms with Gasteiger partial charge in [0.15, 0.2) is 11.8 Å². The molecule has 1 saturated carbocycles. The molecule has 2 aliphatic rings. The summed E-state index contributed by atoms with van der Waals surface area (Å²) in [6.07, 6.45) is 7.71. The molecular formula is C18H34IN7. The Hall–Kier alpha value is -0.900. The molecule has 2 N–H and O–H groups in total. The van der Waals surface area contributed by atoms with E-state index in [1.807, 2.05) is 18.5 Å². The zero-order valence-corrected chi connectivity index (χ0v) is 18.7. The highest BCUT2D eigenvalue weighted by atomic mass is 127. The highest BCUT2D eigenvalue weighted by molar-refractivity contribution is 14.0. The van der Waals surface area contributed by atoms with Gasteiger partial charge in [0.1, 0.15) is 12.4 Å². The maximum atomic E-state index is 4.80. The van der Waals surface area contributed by atoms with E-state index >= 15 is 0 Å². The fourth-order valence-electron chi connectivity index (χ4n) is 3.91. The van der Waals surface area contributed by atoms with Gasteiger partial charge in [0, 0.05) is 25.7 Å². The van der Waals surface area contributed by atoms with E-state index in [1.165, 1.54) is 45.1 Å². The maximum absolute atomic E-state index is 4.80. The number of nitrogens with zero attached hydrogens (tertiary/aromatic N) is 5. The van der Waals surface area contributed by atoms with E-state index in [2.05, 4.69) is 32.7 Å². The lowest BCUT2D eigenvalue weighted by molar-refractivity contribution is 0.266. The third-order valence-corrected chi connectivity index (χ3v) is 5.67. The standard InChI is InChI=1S/C18H33N7.HI/c1-4-25-11-7-10-16(25)12-19-18(21-15-8-5-6-9-15)20-13-17-23-22-14(2)24(17)3;/h15-16H,4-13H2,1-3H3,(H2,19,20,21);1H. The van der Waals surface area contributed by atoms with Gasteiger partial charge in [-0.2, -0.15) is 0 Å². The molecule has 0 bridgehead atoms. The molecule has 1 aromatic rings. The van der Waals surface area contributed by atoms with E-state index in [9.17, 15) is 0 Å². The number of hydrogen-bond acceptors (Lipinski definition) is 4. The molecule has 2 fully saturated rings. The van der Waals surface area contributed by atoms with Crippen molar-refractivity contribution < 1.29 is 0 Å². The van der Waals surface area contributed by atoms with Crippen molar-refractivity contribution in [3.63, 3.8) is 0 Å². The SMILES string of the molecule is CCN1CCCC1CNC(=NCc1nnc(C)n1C)NC1CCCC1.I. The summed E-state index contributed by atoms with van der Waals surface area (Å²) in [6.45, 7) is 8.10. The Morgan fingerprint density at radius 1 is 1.19 bits per heavy atom. The molecule has 1 aliphatic heterocycles. The van der Waals surface area contributed by atoms with Crippen molar-refractivity contribution in [1.29, 1.82) is 0 Å². The second-order valence-electron chi connectivity index (χ2n) is 7.32. The van der Waals surface area contributed by atoms with E-state index in [1.54, 1.807) is 0 Å². The summed E-state index contributed by atoms with van der Waals surface area (Å²) < 4.78 is 2.01. The van der Waals surface area contributed by atoms with Gasteiger partial charge >= 0.3 is 0 Å². The van der Waals surface area contributed by atoms with Gasteiger partial charge in [-0.25, -0.2) is 4.99 Å². The summed E-state index contributed by atoms with van der Waals surface area (Å²) in [4.78, 5) is 7.36. The lowest BCUT2D eigenvalue weighted by Crippen LogP contribution is -2.47. The summed E-state index contributed by atoms with van der Waals surface area (Å²) in [5.41, 5.74) is 0. The minimum absolute atomic E-state index is 0. The fourth-order valence-corrected chi connectivity index (χ4v) is 3.91. The van der Waals surface area contributed by atoms with Crippen molar-refractivity contribution in [3.8, 4) is 0 Å². The minimum atomic E-state index is 0. The Bertz CT molecular complexity index is 580. The molecule has 1 saturated heterocycles. The summed E-state index contributed by atoms with van der Waals surface area (Å²) in [6, 6.07) is 1.18. The van der Waals surface area contributed by atoms with Crippen molar-refractivity contribution in [3.05, 3.63) is 11.6 Å². The lowest BCUT2D eigenvalue weighted by atomic mass is 10.2. The second-order valence-corrected chi connectivity index (χ2v) is 7.32. The third kappa shape index (κ3) is 5.55. The number of halogens is 1. The average molecular weight is 475 g/mol. The molecule has 0 amide bonds. The number of rotatable bonds is 6. The monoisotopic (exact) mass is 475 g/mol. The Kier molecular flexibility index (Phi) is 8.59. The van der Waals surface area contributed by atoms with Crippen molar-refractivity contribution in [2.24, 2.45) is 12.0 Å². The topological polar surface area (TPSA) is 70.4 Å². The van der Waals surface area contributed by atoms with E-state index in [-0.39, 0.29) is 24.0 Å². The van der Waals surface area contributed by atoms with Crippen LogP contribution < -0.4 is 10.6 Å². The molecule has 1 unspecified atom stereocenters. The quantitative estimate of drug-likeness (QED) is 0.375. The zero-order chi connectivity index (χ0) is 17.6. The Morgan fingerprint density at radius 3 is 2.62 bits per heavy atom. The van der Waals surface area contributed by atoms with Gasteiger partial charge < -0.3 is 15.2 Å². The van der Waals surface area contributed by atoms with Gasteiger partial charge in [0.25, 0.3) is 0 Å². The predicted molar refractivity (Wildman–Crippen MR) is 116 cm³/mol. The molecular weight excluding hydrogens is 441 g/mol. The first-order valence-electron chi connectivity index (χ1n) is 9.81. The number of guanidine groups is 1. The van der Waals surface area contributed by atoms with E-state index in [0.717, 1.165) is 30.7 Å². The predicted octanol–water partition coefficient (Wildman–Crippen LogP) is 2.20. The number of aryl methyl sites for hydroxylation is 1. The second kappa shape index (κ2) is 10.4. The number of hydrogen-bond donors (Lipinski definition) is 2. The largest absolute Gasteiger partial charge is 0.355 e. The van der Waals surface area contributed by atoms with Gasteiger partial charge in [-0.3, -0.25) is 4.90 Å². The molecule has 2 heterocycles. The van der Waals surface area contributed by atoms with Crippen LogP contribution in [-0.4, -0.2) is 57.3 Å². The number of likely N-dealkylation sites (tertiary alicyclic amines) is 1. The highest BCUT2D eigenvalue weighted by Crippen LogP contribution is 2.18. The van der Waals surface area contributed by atoms with E-state index in [4.69, 9.17) is 4.99 Å². The van der Waals surface area contributed by atoms with Crippen LogP contribution >= 0.6 is 24.0 Å². The van der Waals surface area contributed by atoms with Crippen LogP contribution in [0.25, 0.3) is 0 Å². The molecule has 3 rings (SSSR count). The number of nitrogens with one attached hydrogen (secondary N) is 2. The van der Waals surface area contributed by atoms with Crippen molar-refractivity contribution in [2.45, 2.75) is 71.0 Å². The average Bonchev–Trinajstić information content (AvgIpc) is 3.34. The van der Waals surface area contributed by atoms with Crippen LogP contribution in [0.1, 0.15) is 57.1 Å². The Morgan fingerprint density at radius 2 is 1.96 bits per heavy atom. The molecule has 0 radical (unpaired) electrons. The fraction of sp³-hybridized carbons (Fsp3) is 0.833. The van der Waals surface area contributed by atoms with Crippen LogP contribution in [0.3, 0.4) is 0 Å². The first kappa shape index (κ1) is 21.4. The summed E-state index contributed by atoms with van der Waals surface area (Å²) in [5.74, 6) is 2.75. The Labute approximate surface area is 174 Å². The molecule has 1 aromatic heterocycles. The molecule has 8 heteroatoms. The van der Waals surface area contributed by atoms with Crippen LogP contribution in [0.5, 0.6) is 0 Å². The highest BCUT2D eigenvalue weighted by Gasteiger charge is 2.23. The van der Waals surface area contributed by atoms with Crippen LogP contribution in [0, 0.1) is 6.92 Å². The maximum Gasteiger partial charge on any atom is 0.191 e. The van der Waals surface area contributed by atoms with Gasteiger partial charge in [0.2, 0.25) is 0 Å². The summed E-state index contributed by atoms with van der Waals surface area (Å²) >= 11 is 0. The smallest absolute Gasteiger partial charge is 0.191 e. The van der Waals surface area contributed by atoms with Crippen molar-refractivity contribution in [1.82, 2.24) is 30.3 Å². The summed E-state index contributed by atoms with van der Waals surface area (Å²) in [5, 5.41) is 15.6. The minimum Gasteiger partial charge on any atom is -0.355 e. The third-order valence-electron chi connectivity index (χ3n) is 5.67. The number of aromatic nitrogens is 3. The van der Waals surface area contributed by atoms with Crippen LogP contribution in [0.15, 0.2) is 4.99 Å². The van der Waals surface area contributed by atoms with E-state index < -0.39 is 0 Å². The number of likely N-dealkylation sites (N-methyl/N-ethyl adjacent to an activating group) is 1. The molecule has 1 aliphatic carbocycles. The molecule has 0 aromatic carbocycles. The molecule has 26 heavy (non-hydrogen) atoms. The van der Waals surface area contributed by atoms with Gasteiger partial charge in [-0.05, 0) is 45.7 Å². The first-order chi connectivity index (χ1) is 12.2. The normalized spacial score (nSPS) is 21.8. The van der Waals surface area contributed by atoms with Gasteiger partial charge in [-0.15, -0.1) is 34.2 Å². The van der Waals surface area contributed by atoms with Crippen LogP contribution in [0.2, 0.25) is 0 Å². The summed E-state index contributed by atoms with van der Waals surface area (Å²) in [7, 11) is 2.00. The van der Waals surface area contributed by atoms with Crippen LogP contribution in [-0.2, 0) is 13.6 Å². The van der Waals surface area contributed by atoms with Crippen molar-refractivity contribution in [2.75, 3.05) is 19.6 Å².